The zero-order valence-corrected chi connectivity index (χ0v) is 19.9. The van der Waals surface area contributed by atoms with Gasteiger partial charge in [-0.1, -0.05) is 36.8 Å². The van der Waals surface area contributed by atoms with E-state index in [1.165, 1.54) is 5.56 Å². The van der Waals surface area contributed by atoms with E-state index in [1.54, 1.807) is 6.33 Å². The van der Waals surface area contributed by atoms with Gasteiger partial charge >= 0.3 is 0 Å². The predicted octanol–water partition coefficient (Wildman–Crippen LogP) is 2.68. The summed E-state index contributed by atoms with van der Waals surface area (Å²) >= 11 is 0. The molecule has 0 spiro atoms. The van der Waals surface area contributed by atoms with Crippen molar-refractivity contribution >= 4 is 11.7 Å². The van der Waals surface area contributed by atoms with Crippen molar-refractivity contribution in [1.29, 1.82) is 0 Å². The van der Waals surface area contributed by atoms with Gasteiger partial charge in [-0.15, -0.1) is 0 Å². The third-order valence-electron chi connectivity index (χ3n) is 7.66. The summed E-state index contributed by atoms with van der Waals surface area (Å²) in [7, 11) is 0. The van der Waals surface area contributed by atoms with Gasteiger partial charge in [0.2, 0.25) is 5.91 Å². The molecule has 1 aromatic heterocycles. The highest BCUT2D eigenvalue weighted by molar-refractivity contribution is 5.85. The third kappa shape index (κ3) is 4.13. The van der Waals surface area contributed by atoms with Gasteiger partial charge in [-0.3, -0.25) is 4.79 Å². The third-order valence-corrected chi connectivity index (χ3v) is 7.66. The Bertz CT molecular complexity index is 1010. The zero-order valence-electron chi connectivity index (χ0n) is 19.9. The fraction of sp³-hybridized carbons (Fsp3) is 0.577. The first-order valence-corrected chi connectivity index (χ1v) is 12.3. The van der Waals surface area contributed by atoms with Crippen LogP contribution in [0.1, 0.15) is 67.3 Å². The fourth-order valence-electron chi connectivity index (χ4n) is 5.97. The van der Waals surface area contributed by atoms with E-state index < -0.39 is 5.60 Å². The molecule has 2 aromatic rings. The number of piperazine rings is 1. The Kier molecular flexibility index (Phi) is 5.87. The van der Waals surface area contributed by atoms with Crippen LogP contribution in [-0.2, 0) is 10.4 Å². The summed E-state index contributed by atoms with van der Waals surface area (Å²) in [4.78, 5) is 27.1. The number of fused-ring (bicyclic) bond motifs is 1. The van der Waals surface area contributed by atoms with Crippen molar-refractivity contribution in [2.24, 2.45) is 0 Å². The topological polar surface area (TPSA) is 81.6 Å². The van der Waals surface area contributed by atoms with Crippen molar-refractivity contribution in [2.75, 3.05) is 37.6 Å². The number of hydrogen-bond acceptors (Lipinski definition) is 6. The standard InChI is InChI=1S/C26H35N5O2/c1-17-6-8-19(9-7-17)22(20-5-4-10-27-20)25(32)31-13-11-30(12-14-31)24-21-18(2)15-26(3,33)23(21)28-16-29-24/h6-9,16,18,20,22,27,33H,4-5,10-15H2,1-3H3/t18-,20+,22+,26-/m1/s1. The second-order valence-electron chi connectivity index (χ2n) is 10.2. The molecule has 176 valence electrons. The molecule has 1 aromatic carbocycles. The Morgan fingerprint density at radius 3 is 2.58 bits per heavy atom. The molecule has 3 aliphatic rings. The van der Waals surface area contributed by atoms with E-state index >= 15 is 0 Å². The minimum absolute atomic E-state index is 0.141. The van der Waals surface area contributed by atoms with Crippen LogP contribution < -0.4 is 10.2 Å². The highest BCUT2D eigenvalue weighted by Crippen LogP contribution is 2.46. The second kappa shape index (κ2) is 8.69. The van der Waals surface area contributed by atoms with Gasteiger partial charge in [0, 0.05) is 37.8 Å². The molecule has 1 amide bonds. The van der Waals surface area contributed by atoms with Gasteiger partial charge in [-0.05, 0) is 51.1 Å². The van der Waals surface area contributed by atoms with E-state index in [2.05, 4.69) is 58.3 Å². The fourth-order valence-corrected chi connectivity index (χ4v) is 5.97. The highest BCUT2D eigenvalue weighted by atomic mass is 16.3. The maximum absolute atomic E-state index is 13.7. The van der Waals surface area contributed by atoms with Gasteiger partial charge in [-0.2, -0.15) is 0 Å². The number of rotatable bonds is 4. The smallest absolute Gasteiger partial charge is 0.231 e. The van der Waals surface area contributed by atoms with E-state index in [0.29, 0.717) is 19.5 Å². The summed E-state index contributed by atoms with van der Waals surface area (Å²) in [5, 5.41) is 14.3. The van der Waals surface area contributed by atoms with Crippen LogP contribution in [0, 0.1) is 6.92 Å². The number of benzene rings is 1. The van der Waals surface area contributed by atoms with Crippen molar-refractivity contribution < 1.29 is 9.90 Å². The Balaban J connectivity index is 1.33. The number of nitrogens with zero attached hydrogens (tertiary/aromatic N) is 4. The molecule has 0 saturated carbocycles. The van der Waals surface area contributed by atoms with Crippen molar-refractivity contribution in [1.82, 2.24) is 20.2 Å². The maximum Gasteiger partial charge on any atom is 0.231 e. The van der Waals surface area contributed by atoms with Crippen molar-refractivity contribution in [3.05, 3.63) is 53.0 Å². The number of aromatic nitrogens is 2. The van der Waals surface area contributed by atoms with Crippen LogP contribution in [0.25, 0.3) is 0 Å². The normalized spacial score (nSPS) is 28.1. The summed E-state index contributed by atoms with van der Waals surface area (Å²) in [5.74, 6) is 1.22. The molecule has 2 aliphatic heterocycles. The van der Waals surface area contributed by atoms with E-state index in [-0.39, 0.29) is 23.8 Å². The Labute approximate surface area is 196 Å². The van der Waals surface area contributed by atoms with E-state index in [4.69, 9.17) is 0 Å². The van der Waals surface area contributed by atoms with E-state index in [1.807, 2.05) is 11.8 Å². The lowest BCUT2D eigenvalue weighted by Crippen LogP contribution is -2.52. The summed E-state index contributed by atoms with van der Waals surface area (Å²) in [6.45, 7) is 9.87. The molecule has 0 bridgehead atoms. The molecular weight excluding hydrogens is 414 g/mol. The average molecular weight is 450 g/mol. The minimum atomic E-state index is -0.903. The van der Waals surface area contributed by atoms with Crippen LogP contribution >= 0.6 is 0 Å². The molecule has 7 heteroatoms. The van der Waals surface area contributed by atoms with E-state index in [0.717, 1.165) is 55.1 Å². The molecule has 1 aliphatic carbocycles. The number of nitrogens with one attached hydrogen (secondary N) is 1. The molecule has 7 nitrogen and oxygen atoms in total. The zero-order chi connectivity index (χ0) is 23.2. The molecule has 5 rings (SSSR count). The Morgan fingerprint density at radius 2 is 1.91 bits per heavy atom. The number of hydrogen-bond donors (Lipinski definition) is 2. The summed E-state index contributed by atoms with van der Waals surface area (Å²) in [6.07, 6.45) is 4.39. The van der Waals surface area contributed by atoms with Gasteiger partial charge in [-0.25, -0.2) is 9.97 Å². The maximum atomic E-state index is 13.7. The molecule has 33 heavy (non-hydrogen) atoms. The monoisotopic (exact) mass is 449 g/mol. The lowest BCUT2D eigenvalue weighted by atomic mass is 9.88. The number of carbonyl (C=O) groups is 1. The van der Waals surface area contributed by atoms with Gasteiger partial charge in [0.25, 0.3) is 0 Å². The quantitative estimate of drug-likeness (QED) is 0.747. The molecular formula is C26H35N5O2. The van der Waals surface area contributed by atoms with Crippen molar-refractivity contribution in [3.8, 4) is 0 Å². The Hall–Kier alpha value is -2.51. The predicted molar refractivity (Wildman–Crippen MR) is 128 cm³/mol. The van der Waals surface area contributed by atoms with Crippen molar-refractivity contribution in [2.45, 2.75) is 63.5 Å². The number of carbonyl (C=O) groups excluding carboxylic acids is 1. The lowest BCUT2D eigenvalue weighted by Gasteiger charge is -2.39. The molecule has 4 atom stereocenters. The number of anilines is 1. The summed E-state index contributed by atoms with van der Waals surface area (Å²) in [6, 6.07) is 8.64. The average Bonchev–Trinajstić information content (AvgIpc) is 3.41. The molecule has 0 unspecified atom stereocenters. The lowest BCUT2D eigenvalue weighted by molar-refractivity contribution is -0.133. The largest absolute Gasteiger partial charge is 0.384 e. The molecule has 3 heterocycles. The molecule has 2 N–H and O–H groups in total. The van der Waals surface area contributed by atoms with E-state index in [9.17, 15) is 9.90 Å². The van der Waals surface area contributed by atoms with Crippen molar-refractivity contribution in [3.63, 3.8) is 0 Å². The minimum Gasteiger partial charge on any atom is -0.384 e. The molecule has 2 fully saturated rings. The second-order valence-corrected chi connectivity index (χ2v) is 10.2. The van der Waals surface area contributed by atoms with Gasteiger partial charge in [0.15, 0.2) is 0 Å². The first-order chi connectivity index (χ1) is 15.8. The van der Waals surface area contributed by atoms with Crippen LogP contribution in [0.15, 0.2) is 30.6 Å². The summed E-state index contributed by atoms with van der Waals surface area (Å²) < 4.78 is 0. The van der Waals surface area contributed by atoms with Crippen LogP contribution in [0.2, 0.25) is 0 Å². The molecule has 0 radical (unpaired) electrons. The van der Waals surface area contributed by atoms with Gasteiger partial charge < -0.3 is 20.2 Å². The number of aliphatic hydroxyl groups is 1. The van der Waals surface area contributed by atoms with Gasteiger partial charge in [0.1, 0.15) is 17.7 Å². The highest BCUT2D eigenvalue weighted by Gasteiger charge is 2.42. The number of aryl methyl sites for hydroxylation is 1. The van der Waals surface area contributed by atoms with Gasteiger partial charge in [0.05, 0.1) is 11.6 Å². The van der Waals surface area contributed by atoms with Crippen LogP contribution in [-0.4, -0.2) is 64.6 Å². The first kappa shape index (κ1) is 22.3. The Morgan fingerprint density at radius 1 is 1.18 bits per heavy atom. The SMILES string of the molecule is Cc1ccc([C@H](C(=O)N2CCN(c3ncnc4c3[C@H](C)C[C@@]4(C)O)CC2)[C@@H]2CCCN2)cc1. The first-order valence-electron chi connectivity index (χ1n) is 12.3. The van der Waals surface area contributed by atoms with Crippen LogP contribution in [0.3, 0.4) is 0 Å². The molecule has 2 saturated heterocycles. The summed E-state index contributed by atoms with van der Waals surface area (Å²) in [5.41, 5.74) is 3.24. The number of amides is 1. The van der Waals surface area contributed by atoms with Crippen LogP contribution in [0.5, 0.6) is 0 Å². The van der Waals surface area contributed by atoms with Crippen LogP contribution in [0.4, 0.5) is 5.82 Å².